The number of carbonyl (C=O) groups is 2. The summed E-state index contributed by atoms with van der Waals surface area (Å²) in [5.74, 6) is 0.928. The maximum Gasteiger partial charge on any atom is 0.319 e. The Labute approximate surface area is 224 Å². The quantitative estimate of drug-likeness (QED) is 0.296. The van der Waals surface area contributed by atoms with Crippen molar-refractivity contribution in [3.8, 4) is 11.5 Å². The summed E-state index contributed by atoms with van der Waals surface area (Å²) in [5.41, 5.74) is 3.71. The zero-order chi connectivity index (χ0) is 25.5. The van der Waals surface area contributed by atoms with E-state index >= 15 is 0 Å². The smallest absolute Gasteiger partial charge is 0.319 e. The molecule has 1 unspecified atom stereocenters. The van der Waals surface area contributed by atoms with E-state index in [0.29, 0.717) is 42.5 Å². The fourth-order valence-electron chi connectivity index (χ4n) is 4.01. The molecule has 0 saturated carbocycles. The first-order chi connectivity index (χ1) is 17.5. The van der Waals surface area contributed by atoms with Gasteiger partial charge in [-0.3, -0.25) is 4.79 Å². The van der Waals surface area contributed by atoms with Gasteiger partial charge < -0.3 is 25.4 Å². The van der Waals surface area contributed by atoms with Gasteiger partial charge >= 0.3 is 6.03 Å². The number of nitrogens with one attached hydrogen (secondary N) is 3. The van der Waals surface area contributed by atoms with Crippen molar-refractivity contribution in [2.75, 3.05) is 6.61 Å². The van der Waals surface area contributed by atoms with Crippen molar-refractivity contribution in [2.24, 2.45) is 0 Å². The van der Waals surface area contributed by atoms with Crippen molar-refractivity contribution in [1.82, 2.24) is 16.0 Å². The van der Waals surface area contributed by atoms with Crippen LogP contribution in [-0.4, -0.2) is 18.5 Å². The minimum absolute atomic E-state index is 0.258. The van der Waals surface area contributed by atoms with Crippen molar-refractivity contribution in [1.29, 1.82) is 0 Å². The summed E-state index contributed by atoms with van der Waals surface area (Å²) >= 11 is 2.20. The van der Waals surface area contributed by atoms with E-state index in [1.165, 1.54) is 0 Å². The molecule has 3 N–H and O–H groups in total. The molecule has 0 fully saturated rings. The van der Waals surface area contributed by atoms with Gasteiger partial charge in [0.15, 0.2) is 11.5 Å². The minimum Gasteiger partial charge on any atom is -0.490 e. The minimum atomic E-state index is -0.648. The molecule has 1 atom stereocenters. The number of hydrogen-bond donors (Lipinski definition) is 3. The molecule has 0 radical (unpaired) electrons. The molecule has 3 amide bonds. The van der Waals surface area contributed by atoms with Crippen LogP contribution in [0.15, 0.2) is 84.1 Å². The maximum atomic E-state index is 13.3. The first-order valence-electron chi connectivity index (χ1n) is 11.7. The van der Waals surface area contributed by atoms with Crippen molar-refractivity contribution >= 4 is 34.5 Å². The average Bonchev–Trinajstić information content (AvgIpc) is 2.87. The predicted molar refractivity (Wildman–Crippen MR) is 146 cm³/mol. The molecule has 3 aromatic carbocycles. The fourth-order valence-corrected chi connectivity index (χ4v) is 4.79. The molecule has 1 aliphatic heterocycles. The highest BCUT2D eigenvalue weighted by Crippen LogP contribution is 2.38. The molecule has 7 nitrogen and oxygen atoms in total. The van der Waals surface area contributed by atoms with Gasteiger partial charge in [0.05, 0.1) is 21.8 Å². The lowest BCUT2D eigenvalue weighted by atomic mass is 9.94. The molecule has 8 heteroatoms. The Bertz CT molecular complexity index is 1260. The van der Waals surface area contributed by atoms with Crippen LogP contribution in [0.3, 0.4) is 0 Å². The largest absolute Gasteiger partial charge is 0.490 e. The number of halogens is 1. The molecular formula is C28H28IN3O4. The van der Waals surface area contributed by atoms with Gasteiger partial charge in [0.1, 0.15) is 6.61 Å². The zero-order valence-electron chi connectivity index (χ0n) is 20.1. The van der Waals surface area contributed by atoms with Crippen LogP contribution >= 0.6 is 22.6 Å². The number of ether oxygens (including phenoxy) is 2. The lowest BCUT2D eigenvalue weighted by Crippen LogP contribution is -2.47. The first-order valence-corrected chi connectivity index (χ1v) is 12.8. The Morgan fingerprint density at radius 1 is 1.00 bits per heavy atom. The molecular weight excluding hydrogens is 569 g/mol. The van der Waals surface area contributed by atoms with Crippen LogP contribution < -0.4 is 25.4 Å². The monoisotopic (exact) mass is 597 g/mol. The van der Waals surface area contributed by atoms with Gasteiger partial charge in [0.25, 0.3) is 5.91 Å². The Balaban J connectivity index is 1.62. The van der Waals surface area contributed by atoms with Crippen LogP contribution in [-0.2, 0) is 17.9 Å². The highest BCUT2D eigenvalue weighted by Gasteiger charge is 2.32. The van der Waals surface area contributed by atoms with Gasteiger partial charge in [-0.2, -0.15) is 0 Å². The summed E-state index contributed by atoms with van der Waals surface area (Å²) in [6.45, 7) is 4.85. The van der Waals surface area contributed by atoms with Gasteiger partial charge in [0.2, 0.25) is 0 Å². The molecule has 0 aliphatic carbocycles. The van der Waals surface area contributed by atoms with E-state index in [1.54, 1.807) is 6.92 Å². The second-order valence-electron chi connectivity index (χ2n) is 8.28. The molecule has 3 aromatic rings. The number of urea groups is 1. The van der Waals surface area contributed by atoms with Gasteiger partial charge in [0, 0.05) is 12.2 Å². The van der Waals surface area contributed by atoms with Crippen LogP contribution in [0.1, 0.15) is 36.6 Å². The molecule has 0 aromatic heterocycles. The fraction of sp³-hybridized carbons (Fsp3) is 0.214. The molecule has 1 aliphatic rings. The third-order valence-electron chi connectivity index (χ3n) is 5.70. The highest BCUT2D eigenvalue weighted by atomic mass is 127. The highest BCUT2D eigenvalue weighted by molar-refractivity contribution is 14.1. The van der Waals surface area contributed by atoms with Crippen LogP contribution in [0.4, 0.5) is 4.79 Å². The third-order valence-corrected chi connectivity index (χ3v) is 6.50. The summed E-state index contributed by atoms with van der Waals surface area (Å²) in [6, 6.07) is 22.3. The number of benzene rings is 3. The molecule has 4 rings (SSSR count). The predicted octanol–water partition coefficient (Wildman–Crippen LogP) is 5.21. The average molecular weight is 597 g/mol. The Morgan fingerprint density at radius 3 is 2.33 bits per heavy atom. The summed E-state index contributed by atoms with van der Waals surface area (Å²) in [5, 5.41) is 8.59. The Morgan fingerprint density at radius 2 is 1.67 bits per heavy atom. The van der Waals surface area contributed by atoms with Gasteiger partial charge in [-0.25, -0.2) is 4.79 Å². The number of amides is 3. The van der Waals surface area contributed by atoms with E-state index in [0.717, 1.165) is 20.3 Å². The number of allylic oxidation sites excluding steroid dienone is 1. The molecule has 36 heavy (non-hydrogen) atoms. The van der Waals surface area contributed by atoms with Crippen molar-refractivity contribution in [3.05, 3.63) is 104 Å². The van der Waals surface area contributed by atoms with E-state index in [-0.39, 0.29) is 11.9 Å². The Kier molecular flexibility index (Phi) is 8.48. The normalized spacial score (nSPS) is 15.1. The van der Waals surface area contributed by atoms with Crippen molar-refractivity contribution < 1.29 is 19.1 Å². The Hall–Kier alpha value is -3.53. The number of hydrogen-bond acceptors (Lipinski definition) is 4. The topological polar surface area (TPSA) is 88.7 Å². The van der Waals surface area contributed by atoms with E-state index in [1.807, 2.05) is 79.7 Å². The molecule has 186 valence electrons. The van der Waals surface area contributed by atoms with Crippen LogP contribution in [0.2, 0.25) is 0 Å². The van der Waals surface area contributed by atoms with Gasteiger partial charge in [-0.05, 0) is 65.3 Å². The van der Waals surface area contributed by atoms with Crippen molar-refractivity contribution in [2.45, 2.75) is 33.0 Å². The van der Waals surface area contributed by atoms with Gasteiger partial charge in [-0.15, -0.1) is 0 Å². The SMILES string of the molecule is CCOc1cc(C2NC(=O)NC(C)=C2C(=O)NCc2ccccc2)cc(I)c1OCc1ccccc1. The van der Waals surface area contributed by atoms with Crippen LogP contribution in [0.25, 0.3) is 0 Å². The van der Waals surface area contributed by atoms with Crippen LogP contribution in [0, 0.1) is 3.57 Å². The number of carbonyl (C=O) groups excluding carboxylic acids is 2. The maximum absolute atomic E-state index is 13.3. The second-order valence-corrected chi connectivity index (χ2v) is 9.44. The first kappa shape index (κ1) is 25.6. The van der Waals surface area contributed by atoms with E-state index in [2.05, 4.69) is 38.5 Å². The summed E-state index contributed by atoms with van der Waals surface area (Å²) in [4.78, 5) is 25.7. The van der Waals surface area contributed by atoms with E-state index < -0.39 is 6.04 Å². The van der Waals surface area contributed by atoms with E-state index in [4.69, 9.17) is 9.47 Å². The third kappa shape index (κ3) is 6.17. The molecule has 0 bridgehead atoms. The molecule has 0 spiro atoms. The number of rotatable bonds is 9. The standard InChI is InChI=1S/C28H28IN3O4/c1-3-35-23-15-21(14-22(29)26(23)36-17-20-12-8-5-9-13-20)25-24(18(2)31-28(34)32-25)27(33)30-16-19-10-6-4-7-11-19/h4-15,25H,3,16-17H2,1-2H3,(H,30,33)(H2,31,32,34). The summed E-state index contributed by atoms with van der Waals surface area (Å²) < 4.78 is 12.9. The zero-order valence-corrected chi connectivity index (χ0v) is 22.3. The summed E-state index contributed by atoms with van der Waals surface area (Å²) in [7, 11) is 0. The summed E-state index contributed by atoms with van der Waals surface area (Å²) in [6.07, 6.45) is 0. The van der Waals surface area contributed by atoms with Gasteiger partial charge in [-0.1, -0.05) is 60.7 Å². The van der Waals surface area contributed by atoms with Crippen LogP contribution in [0.5, 0.6) is 11.5 Å². The lowest BCUT2D eigenvalue weighted by Gasteiger charge is -2.29. The lowest BCUT2D eigenvalue weighted by molar-refractivity contribution is -0.118. The van der Waals surface area contributed by atoms with Crippen molar-refractivity contribution in [3.63, 3.8) is 0 Å². The second kappa shape index (κ2) is 11.9. The molecule has 0 saturated heterocycles. The molecule has 1 heterocycles. The van der Waals surface area contributed by atoms with E-state index in [9.17, 15) is 9.59 Å².